The number of aromatic nitrogens is 2. The van der Waals surface area contributed by atoms with Crippen molar-refractivity contribution in [1.82, 2.24) is 15.1 Å². The molecule has 0 atom stereocenters. The van der Waals surface area contributed by atoms with Crippen LogP contribution in [0, 0.1) is 5.82 Å². The Kier molecular flexibility index (Phi) is 4.77. The predicted octanol–water partition coefficient (Wildman–Crippen LogP) is 1.70. The fourth-order valence-electron chi connectivity index (χ4n) is 2.30. The number of morpholine rings is 1. The van der Waals surface area contributed by atoms with E-state index in [0.717, 1.165) is 0 Å². The highest BCUT2D eigenvalue weighted by atomic mass is 19.1. The van der Waals surface area contributed by atoms with Crippen molar-refractivity contribution in [3.8, 4) is 0 Å². The van der Waals surface area contributed by atoms with Crippen LogP contribution >= 0.6 is 0 Å². The number of benzene rings is 1. The molecule has 0 aliphatic carbocycles. The van der Waals surface area contributed by atoms with Crippen LogP contribution in [0.5, 0.6) is 0 Å². The predicted molar refractivity (Wildman–Crippen MR) is 82.5 cm³/mol. The Balaban J connectivity index is 1.60. The number of halogens is 1. The first-order chi connectivity index (χ1) is 11.2. The molecule has 1 fully saturated rings. The summed E-state index contributed by atoms with van der Waals surface area (Å²) in [7, 11) is 0. The highest BCUT2D eigenvalue weighted by Crippen LogP contribution is 2.10. The van der Waals surface area contributed by atoms with Crippen molar-refractivity contribution >= 4 is 11.7 Å². The zero-order valence-corrected chi connectivity index (χ0v) is 12.5. The largest absolute Gasteiger partial charge is 0.378 e. The summed E-state index contributed by atoms with van der Waals surface area (Å²) in [4.78, 5) is 13.9. The van der Waals surface area contributed by atoms with Crippen molar-refractivity contribution in [2.45, 2.75) is 6.54 Å². The molecule has 120 valence electrons. The Morgan fingerprint density at radius 2 is 1.96 bits per heavy atom. The van der Waals surface area contributed by atoms with Gasteiger partial charge >= 0.3 is 0 Å². The topological polar surface area (TPSA) is 67.4 Å². The normalized spacial score (nSPS) is 14.6. The summed E-state index contributed by atoms with van der Waals surface area (Å²) in [6.07, 6.45) is 0. The average molecular weight is 316 g/mol. The second-order valence-electron chi connectivity index (χ2n) is 5.15. The van der Waals surface area contributed by atoms with E-state index in [1.165, 1.54) is 6.07 Å². The quantitative estimate of drug-likeness (QED) is 0.930. The van der Waals surface area contributed by atoms with Gasteiger partial charge in [-0.1, -0.05) is 18.2 Å². The summed E-state index contributed by atoms with van der Waals surface area (Å²) in [5.74, 6) is 0.0697. The van der Waals surface area contributed by atoms with Gasteiger partial charge in [0.15, 0.2) is 5.69 Å². The fraction of sp³-hybridized carbons (Fsp3) is 0.312. The molecule has 23 heavy (non-hydrogen) atoms. The number of ether oxygens (including phenoxy) is 1. The first kappa shape index (κ1) is 15.4. The lowest BCUT2D eigenvalue weighted by Crippen LogP contribution is -2.41. The van der Waals surface area contributed by atoms with Gasteiger partial charge in [-0.05, 0) is 18.2 Å². The summed E-state index contributed by atoms with van der Waals surface area (Å²) in [5, 5.41) is 10.9. The van der Waals surface area contributed by atoms with Crippen molar-refractivity contribution < 1.29 is 13.9 Å². The lowest BCUT2D eigenvalue weighted by Gasteiger charge is -2.26. The summed E-state index contributed by atoms with van der Waals surface area (Å²) in [6.45, 7) is 2.52. The van der Waals surface area contributed by atoms with E-state index in [9.17, 15) is 9.18 Å². The molecule has 0 spiro atoms. The molecule has 0 bridgehead atoms. The molecule has 1 saturated heterocycles. The summed E-state index contributed by atoms with van der Waals surface area (Å²) >= 11 is 0. The maximum absolute atomic E-state index is 13.5. The first-order valence-electron chi connectivity index (χ1n) is 7.42. The van der Waals surface area contributed by atoms with Crippen LogP contribution in [0.3, 0.4) is 0 Å². The second kappa shape index (κ2) is 7.15. The number of anilines is 1. The van der Waals surface area contributed by atoms with Gasteiger partial charge in [0.05, 0.1) is 13.2 Å². The molecule has 2 heterocycles. The number of rotatable bonds is 4. The smallest absolute Gasteiger partial charge is 0.274 e. The summed E-state index contributed by atoms with van der Waals surface area (Å²) in [6, 6.07) is 9.81. The van der Waals surface area contributed by atoms with Gasteiger partial charge in [0.1, 0.15) is 11.6 Å². The van der Waals surface area contributed by atoms with E-state index in [4.69, 9.17) is 4.74 Å². The Morgan fingerprint density at radius 1 is 1.17 bits per heavy atom. The fourth-order valence-corrected chi connectivity index (χ4v) is 2.30. The lowest BCUT2D eigenvalue weighted by atomic mass is 10.2. The Labute approximate surface area is 133 Å². The SMILES string of the molecule is O=C(c1ccc(NCc2ccccc2F)nn1)N1CCOCC1. The summed E-state index contributed by atoms with van der Waals surface area (Å²) < 4.78 is 18.7. The van der Waals surface area contributed by atoms with E-state index in [0.29, 0.717) is 49.9 Å². The maximum Gasteiger partial charge on any atom is 0.274 e. The molecule has 0 radical (unpaired) electrons. The van der Waals surface area contributed by atoms with Crippen LogP contribution in [0.4, 0.5) is 10.2 Å². The zero-order valence-electron chi connectivity index (χ0n) is 12.5. The molecule has 7 heteroatoms. The molecule has 6 nitrogen and oxygen atoms in total. The number of amides is 1. The monoisotopic (exact) mass is 316 g/mol. The minimum Gasteiger partial charge on any atom is -0.378 e. The minimum absolute atomic E-state index is 0.151. The highest BCUT2D eigenvalue weighted by Gasteiger charge is 2.19. The Morgan fingerprint density at radius 3 is 2.65 bits per heavy atom. The van der Waals surface area contributed by atoms with Crippen LogP contribution < -0.4 is 5.32 Å². The van der Waals surface area contributed by atoms with Crippen molar-refractivity contribution in [2.24, 2.45) is 0 Å². The molecule has 1 aromatic heterocycles. The molecule has 1 aliphatic heterocycles. The maximum atomic E-state index is 13.5. The second-order valence-corrected chi connectivity index (χ2v) is 5.15. The Hall–Kier alpha value is -2.54. The number of carbonyl (C=O) groups is 1. The van der Waals surface area contributed by atoms with E-state index in [-0.39, 0.29) is 11.7 Å². The van der Waals surface area contributed by atoms with Crippen LogP contribution in [0.1, 0.15) is 16.1 Å². The van der Waals surface area contributed by atoms with Gasteiger partial charge < -0.3 is 15.0 Å². The van der Waals surface area contributed by atoms with Crippen molar-refractivity contribution in [3.63, 3.8) is 0 Å². The van der Waals surface area contributed by atoms with Gasteiger partial charge in [-0.2, -0.15) is 0 Å². The summed E-state index contributed by atoms with van der Waals surface area (Å²) in [5.41, 5.74) is 0.839. The molecule has 3 rings (SSSR count). The molecular formula is C16H17FN4O2. The first-order valence-corrected chi connectivity index (χ1v) is 7.42. The highest BCUT2D eigenvalue weighted by molar-refractivity contribution is 5.92. The van der Waals surface area contributed by atoms with Crippen LogP contribution in [0.15, 0.2) is 36.4 Å². The third kappa shape index (κ3) is 3.81. The van der Waals surface area contributed by atoms with Gasteiger partial charge in [0.2, 0.25) is 0 Å². The minimum atomic E-state index is -0.271. The van der Waals surface area contributed by atoms with Crippen molar-refractivity contribution in [1.29, 1.82) is 0 Å². The standard InChI is InChI=1S/C16H17FN4O2/c17-13-4-2-1-3-12(13)11-18-15-6-5-14(19-20-15)16(22)21-7-9-23-10-8-21/h1-6H,7-11H2,(H,18,20). The molecule has 1 N–H and O–H groups in total. The number of hydrogen-bond donors (Lipinski definition) is 1. The van der Waals surface area contributed by atoms with Crippen molar-refractivity contribution in [2.75, 3.05) is 31.6 Å². The van der Waals surface area contributed by atoms with Gasteiger partial charge in [-0.15, -0.1) is 10.2 Å². The molecule has 0 unspecified atom stereocenters. The third-order valence-corrected chi connectivity index (χ3v) is 3.60. The molecule has 1 aliphatic rings. The number of carbonyl (C=O) groups excluding carboxylic acids is 1. The molecule has 0 saturated carbocycles. The molecule has 2 aromatic rings. The number of nitrogens with zero attached hydrogens (tertiary/aromatic N) is 3. The Bertz CT molecular complexity index is 672. The molecule has 1 amide bonds. The van der Waals surface area contributed by atoms with Gasteiger partial charge in [0, 0.05) is 25.2 Å². The third-order valence-electron chi connectivity index (χ3n) is 3.60. The van der Waals surface area contributed by atoms with Crippen molar-refractivity contribution in [3.05, 3.63) is 53.5 Å². The van der Waals surface area contributed by atoms with E-state index >= 15 is 0 Å². The molecule has 1 aromatic carbocycles. The lowest BCUT2D eigenvalue weighted by molar-refractivity contribution is 0.0298. The van der Waals surface area contributed by atoms with Crippen LogP contribution in [0.25, 0.3) is 0 Å². The van der Waals surface area contributed by atoms with Gasteiger partial charge in [-0.25, -0.2) is 4.39 Å². The number of nitrogens with one attached hydrogen (secondary N) is 1. The van der Waals surface area contributed by atoms with E-state index < -0.39 is 0 Å². The van der Waals surface area contributed by atoms with Crippen LogP contribution in [-0.4, -0.2) is 47.3 Å². The van der Waals surface area contributed by atoms with E-state index in [1.807, 2.05) is 0 Å². The van der Waals surface area contributed by atoms with E-state index in [1.54, 1.807) is 35.2 Å². The van der Waals surface area contributed by atoms with Gasteiger partial charge in [0.25, 0.3) is 5.91 Å². The average Bonchev–Trinajstić information content (AvgIpc) is 2.62. The zero-order chi connectivity index (χ0) is 16.1. The van der Waals surface area contributed by atoms with E-state index in [2.05, 4.69) is 15.5 Å². The van der Waals surface area contributed by atoms with Crippen LogP contribution in [-0.2, 0) is 11.3 Å². The van der Waals surface area contributed by atoms with Crippen LogP contribution in [0.2, 0.25) is 0 Å². The molecular weight excluding hydrogens is 299 g/mol. The number of hydrogen-bond acceptors (Lipinski definition) is 5. The van der Waals surface area contributed by atoms with Gasteiger partial charge in [-0.3, -0.25) is 4.79 Å².